The van der Waals surface area contributed by atoms with Gasteiger partial charge in [-0.05, 0) is 72.5 Å². The molecule has 7 heteroatoms. The van der Waals surface area contributed by atoms with E-state index in [4.69, 9.17) is 14.3 Å². The van der Waals surface area contributed by atoms with Crippen molar-refractivity contribution >= 4 is 22.5 Å². The van der Waals surface area contributed by atoms with Crippen molar-refractivity contribution in [2.45, 2.75) is 32.7 Å². The lowest BCUT2D eigenvalue weighted by Crippen LogP contribution is -2.35. The van der Waals surface area contributed by atoms with Gasteiger partial charge in [0, 0.05) is 31.5 Å². The topological polar surface area (TPSA) is 74.1 Å². The number of ether oxygens (including phenoxy) is 2. The molecule has 0 aliphatic carbocycles. The zero-order valence-corrected chi connectivity index (χ0v) is 19.7. The van der Waals surface area contributed by atoms with Crippen LogP contribution in [0.1, 0.15) is 31.7 Å². The summed E-state index contributed by atoms with van der Waals surface area (Å²) in [6, 6.07) is 18.0. The van der Waals surface area contributed by atoms with Crippen molar-refractivity contribution in [1.82, 2.24) is 9.88 Å². The Morgan fingerprint density at radius 3 is 2.71 bits per heavy atom. The Morgan fingerprint density at radius 2 is 1.91 bits per heavy atom. The number of benzene rings is 2. The number of fused-ring (bicyclic) bond motifs is 1. The molecule has 180 valence electrons. The molecule has 0 unspecified atom stereocenters. The lowest BCUT2D eigenvalue weighted by atomic mass is 10.0. The van der Waals surface area contributed by atoms with Crippen molar-refractivity contribution < 1.29 is 19.1 Å². The molecule has 0 spiro atoms. The molecule has 4 rings (SSSR count). The number of rotatable bonds is 11. The molecule has 0 bridgehead atoms. The summed E-state index contributed by atoms with van der Waals surface area (Å²) in [6.07, 6.45) is 4.82. The fraction of sp³-hybridized carbons (Fsp3) is 0.407. The quantitative estimate of drug-likeness (QED) is 0.260. The molecule has 0 saturated carbocycles. The highest BCUT2D eigenvalue weighted by Gasteiger charge is 2.14. The van der Waals surface area contributed by atoms with Crippen molar-refractivity contribution in [3.05, 3.63) is 66.4 Å². The van der Waals surface area contributed by atoms with E-state index in [-0.39, 0.29) is 12.5 Å². The summed E-state index contributed by atoms with van der Waals surface area (Å²) >= 11 is 0. The lowest BCUT2D eigenvalue weighted by molar-refractivity contribution is -0.123. The first-order valence-corrected chi connectivity index (χ1v) is 12.0. The fourth-order valence-electron chi connectivity index (χ4n) is 4.07. The van der Waals surface area contributed by atoms with Crippen LogP contribution in [0, 0.1) is 5.92 Å². The van der Waals surface area contributed by atoms with E-state index in [0.29, 0.717) is 24.8 Å². The summed E-state index contributed by atoms with van der Waals surface area (Å²) in [6.45, 7) is 5.53. The smallest absolute Gasteiger partial charge is 0.257 e. The van der Waals surface area contributed by atoms with Crippen LogP contribution in [0.15, 0.2) is 65.9 Å². The molecule has 0 radical (unpaired) electrons. The summed E-state index contributed by atoms with van der Waals surface area (Å²) < 4.78 is 13.2. The van der Waals surface area contributed by atoms with Gasteiger partial charge >= 0.3 is 0 Å². The molecule has 34 heavy (non-hydrogen) atoms. The molecule has 1 aliphatic heterocycles. The van der Waals surface area contributed by atoms with Crippen LogP contribution in [0.5, 0.6) is 5.75 Å². The minimum atomic E-state index is -0.102. The van der Waals surface area contributed by atoms with Crippen LogP contribution in [0.4, 0.5) is 0 Å². The second kappa shape index (κ2) is 12.2. The van der Waals surface area contributed by atoms with Crippen LogP contribution in [0.25, 0.3) is 10.9 Å². The number of aromatic nitrogens is 1. The monoisotopic (exact) mass is 463 g/mol. The third-order valence-corrected chi connectivity index (χ3v) is 6.10. The lowest BCUT2D eigenvalue weighted by Gasteiger charge is -2.22. The summed E-state index contributed by atoms with van der Waals surface area (Å²) in [5, 5.41) is 8.53. The predicted octanol–water partition coefficient (Wildman–Crippen LogP) is 4.39. The van der Waals surface area contributed by atoms with Crippen LogP contribution >= 0.6 is 0 Å². The van der Waals surface area contributed by atoms with Gasteiger partial charge in [0.2, 0.25) is 0 Å². The zero-order chi connectivity index (χ0) is 23.6. The molecule has 1 saturated heterocycles. The predicted molar refractivity (Wildman–Crippen MR) is 133 cm³/mol. The molecular formula is C27H33N3O4. The van der Waals surface area contributed by atoms with Gasteiger partial charge in [0.1, 0.15) is 12.4 Å². The second-order valence-corrected chi connectivity index (χ2v) is 8.47. The van der Waals surface area contributed by atoms with Gasteiger partial charge < -0.3 is 24.2 Å². The Balaban J connectivity index is 1.21. The Kier molecular flexibility index (Phi) is 8.57. The first-order chi connectivity index (χ1) is 16.7. The number of hydrogen-bond donors (Lipinski definition) is 1. The van der Waals surface area contributed by atoms with Gasteiger partial charge in [0.15, 0.2) is 6.61 Å². The van der Waals surface area contributed by atoms with Crippen molar-refractivity contribution in [3.63, 3.8) is 0 Å². The molecule has 7 nitrogen and oxygen atoms in total. The summed E-state index contributed by atoms with van der Waals surface area (Å²) in [7, 11) is 0. The maximum absolute atomic E-state index is 12.1. The maximum Gasteiger partial charge on any atom is 0.257 e. The maximum atomic E-state index is 12.1. The van der Waals surface area contributed by atoms with Gasteiger partial charge in [-0.15, -0.1) is 0 Å². The van der Waals surface area contributed by atoms with Gasteiger partial charge in [-0.1, -0.05) is 30.3 Å². The Hall–Kier alpha value is -3.32. The fourth-order valence-corrected chi connectivity index (χ4v) is 4.07. The van der Waals surface area contributed by atoms with E-state index < -0.39 is 0 Å². The van der Waals surface area contributed by atoms with E-state index >= 15 is 0 Å². The third-order valence-electron chi connectivity index (χ3n) is 6.10. The minimum absolute atomic E-state index is 0.00841. The zero-order valence-electron chi connectivity index (χ0n) is 19.7. The number of para-hydroxylation sites is 1. The van der Waals surface area contributed by atoms with Crippen molar-refractivity contribution in [3.8, 4) is 5.75 Å². The highest BCUT2D eigenvalue weighted by molar-refractivity contribution is 6.00. The van der Waals surface area contributed by atoms with Crippen molar-refractivity contribution in [1.29, 1.82) is 0 Å². The van der Waals surface area contributed by atoms with E-state index in [1.165, 1.54) is 10.9 Å². The standard InChI is InChI=1S/C27H33N3O4/c1-2-25(29-34-18-15-30-14-11-23-5-3-4-6-26(23)30)22-7-9-24(10-8-22)33-20-27(31)28-19-21-12-16-32-17-13-21/h3-11,14,21H,2,12-13,15-20H2,1H3,(H,28,31)/b29-25+. The molecule has 3 aromatic rings. The van der Waals surface area contributed by atoms with Gasteiger partial charge in [0.25, 0.3) is 5.91 Å². The number of nitrogens with zero attached hydrogens (tertiary/aromatic N) is 2. The van der Waals surface area contributed by atoms with E-state index in [9.17, 15) is 4.79 Å². The third kappa shape index (κ3) is 6.60. The van der Waals surface area contributed by atoms with Crippen LogP contribution in [0.2, 0.25) is 0 Å². The number of carbonyl (C=O) groups excluding carboxylic acids is 1. The highest BCUT2D eigenvalue weighted by atomic mass is 16.6. The number of nitrogens with one attached hydrogen (secondary N) is 1. The number of hydrogen-bond acceptors (Lipinski definition) is 5. The molecule has 2 aromatic carbocycles. The van der Waals surface area contributed by atoms with Crippen molar-refractivity contribution in [2.75, 3.05) is 33.0 Å². The van der Waals surface area contributed by atoms with Crippen LogP contribution in [-0.4, -0.2) is 49.2 Å². The highest BCUT2D eigenvalue weighted by Crippen LogP contribution is 2.16. The first kappa shape index (κ1) is 23.8. The Morgan fingerprint density at radius 1 is 1.12 bits per heavy atom. The minimum Gasteiger partial charge on any atom is -0.484 e. The summed E-state index contributed by atoms with van der Waals surface area (Å²) in [4.78, 5) is 17.7. The van der Waals surface area contributed by atoms with E-state index in [2.05, 4.69) is 46.4 Å². The van der Waals surface area contributed by atoms with Gasteiger partial charge in [-0.25, -0.2) is 0 Å². The SMILES string of the molecule is CC/C(=N\OCCn1ccc2ccccc21)c1ccc(OCC(=O)NCC2CCOCC2)cc1. The molecule has 1 aliphatic rings. The van der Waals surface area contributed by atoms with Gasteiger partial charge in [0.05, 0.1) is 12.3 Å². The number of oxime groups is 1. The van der Waals surface area contributed by atoms with Crippen LogP contribution in [-0.2, 0) is 20.9 Å². The Bertz CT molecular complexity index is 1080. The molecule has 0 atom stereocenters. The van der Waals surface area contributed by atoms with E-state index in [1.54, 1.807) is 0 Å². The first-order valence-electron chi connectivity index (χ1n) is 12.0. The average Bonchev–Trinajstić information content (AvgIpc) is 3.30. The molecule has 1 aromatic heterocycles. The second-order valence-electron chi connectivity index (χ2n) is 8.47. The van der Waals surface area contributed by atoms with Crippen molar-refractivity contribution in [2.24, 2.45) is 11.1 Å². The number of carbonyl (C=O) groups is 1. The molecule has 2 heterocycles. The van der Waals surface area contributed by atoms with Gasteiger partial charge in [-0.2, -0.15) is 0 Å². The van der Waals surface area contributed by atoms with Crippen LogP contribution < -0.4 is 10.1 Å². The summed E-state index contributed by atoms with van der Waals surface area (Å²) in [5.41, 5.74) is 3.04. The molecule has 1 N–H and O–H groups in total. The van der Waals surface area contributed by atoms with Crippen LogP contribution in [0.3, 0.4) is 0 Å². The Labute approximate surface area is 200 Å². The largest absolute Gasteiger partial charge is 0.484 e. The molecule has 1 amide bonds. The molecule has 1 fully saturated rings. The van der Waals surface area contributed by atoms with E-state index in [1.807, 2.05) is 36.4 Å². The molecular weight excluding hydrogens is 430 g/mol. The van der Waals surface area contributed by atoms with E-state index in [0.717, 1.165) is 50.3 Å². The van der Waals surface area contributed by atoms with Gasteiger partial charge in [-0.3, -0.25) is 4.79 Å². The average molecular weight is 464 g/mol. The summed E-state index contributed by atoms with van der Waals surface area (Å²) in [5.74, 6) is 1.05. The normalized spacial score (nSPS) is 14.8. The number of amides is 1.